The molecule has 0 aromatic carbocycles. The lowest BCUT2D eigenvalue weighted by molar-refractivity contribution is -0.0147. The first-order valence-corrected chi connectivity index (χ1v) is 6.86. The number of nitrogens with zero attached hydrogens (tertiary/aromatic N) is 2. The van der Waals surface area contributed by atoms with Crippen LogP contribution in [-0.4, -0.2) is 28.5 Å². The minimum Gasteiger partial charge on any atom is -0.374 e. The molecule has 1 aromatic rings. The van der Waals surface area contributed by atoms with Crippen molar-refractivity contribution in [3.05, 3.63) is 18.0 Å². The van der Waals surface area contributed by atoms with Crippen molar-refractivity contribution in [2.75, 3.05) is 13.2 Å². The zero-order valence-electron chi connectivity index (χ0n) is 12.4. The first kappa shape index (κ1) is 15.2. The summed E-state index contributed by atoms with van der Waals surface area (Å²) in [4.78, 5) is 0. The van der Waals surface area contributed by atoms with Crippen LogP contribution in [0.1, 0.15) is 52.6 Å². The van der Waals surface area contributed by atoms with Gasteiger partial charge in [-0.2, -0.15) is 5.10 Å². The molecule has 0 fully saturated rings. The van der Waals surface area contributed by atoms with E-state index in [1.54, 1.807) is 0 Å². The summed E-state index contributed by atoms with van der Waals surface area (Å²) in [6.45, 7) is 13.1. The third kappa shape index (κ3) is 5.19. The molecule has 4 heteroatoms. The maximum atomic E-state index is 5.89. The first-order valence-electron chi connectivity index (χ1n) is 6.86. The molecule has 0 amide bonds. The fourth-order valence-corrected chi connectivity index (χ4v) is 1.66. The van der Waals surface area contributed by atoms with E-state index in [0.29, 0.717) is 6.61 Å². The molecule has 0 saturated heterocycles. The van der Waals surface area contributed by atoms with Crippen molar-refractivity contribution in [2.45, 2.75) is 59.2 Å². The standard InChI is InChI=1S/C14H27N3O/c1-6-8-15-13(11-18-14(3,4)5)12-9-16-17(7-2)10-12/h9-10,13,15H,6-8,11H2,1-5H3. The van der Waals surface area contributed by atoms with Crippen molar-refractivity contribution in [1.29, 1.82) is 0 Å². The molecule has 0 aliphatic rings. The predicted molar refractivity (Wildman–Crippen MR) is 74.6 cm³/mol. The summed E-state index contributed by atoms with van der Waals surface area (Å²) in [5.41, 5.74) is 1.10. The van der Waals surface area contributed by atoms with Crippen molar-refractivity contribution in [3.8, 4) is 0 Å². The van der Waals surface area contributed by atoms with E-state index in [9.17, 15) is 0 Å². The second kappa shape index (κ2) is 6.90. The van der Waals surface area contributed by atoms with E-state index in [1.165, 1.54) is 5.56 Å². The van der Waals surface area contributed by atoms with Gasteiger partial charge in [0.2, 0.25) is 0 Å². The first-order chi connectivity index (χ1) is 8.46. The van der Waals surface area contributed by atoms with Gasteiger partial charge in [-0.15, -0.1) is 0 Å². The summed E-state index contributed by atoms with van der Waals surface area (Å²) in [6, 6.07) is 0.226. The Morgan fingerprint density at radius 2 is 2.11 bits per heavy atom. The van der Waals surface area contributed by atoms with Crippen molar-refractivity contribution in [3.63, 3.8) is 0 Å². The summed E-state index contributed by atoms with van der Waals surface area (Å²) in [5, 5.41) is 7.85. The van der Waals surface area contributed by atoms with Gasteiger partial charge in [-0.1, -0.05) is 6.92 Å². The lowest BCUT2D eigenvalue weighted by atomic mass is 10.1. The monoisotopic (exact) mass is 253 g/mol. The highest BCUT2D eigenvalue weighted by Crippen LogP contribution is 2.16. The van der Waals surface area contributed by atoms with E-state index in [1.807, 2.05) is 10.9 Å². The molecule has 4 nitrogen and oxygen atoms in total. The Morgan fingerprint density at radius 1 is 1.39 bits per heavy atom. The summed E-state index contributed by atoms with van der Waals surface area (Å²) in [6.07, 6.45) is 5.15. The maximum absolute atomic E-state index is 5.89. The normalized spacial score (nSPS) is 13.8. The molecular formula is C14H27N3O. The molecule has 18 heavy (non-hydrogen) atoms. The van der Waals surface area contributed by atoms with E-state index in [4.69, 9.17) is 4.74 Å². The minimum absolute atomic E-state index is 0.104. The second-order valence-electron chi connectivity index (χ2n) is 5.56. The average Bonchev–Trinajstić information content (AvgIpc) is 2.76. The van der Waals surface area contributed by atoms with Gasteiger partial charge in [0.15, 0.2) is 0 Å². The molecule has 0 saturated carbocycles. The molecule has 1 atom stereocenters. The van der Waals surface area contributed by atoms with Crippen LogP contribution >= 0.6 is 0 Å². The van der Waals surface area contributed by atoms with Gasteiger partial charge in [-0.25, -0.2) is 0 Å². The van der Waals surface area contributed by atoms with Crippen molar-refractivity contribution in [1.82, 2.24) is 15.1 Å². The fourth-order valence-electron chi connectivity index (χ4n) is 1.66. The van der Waals surface area contributed by atoms with Crippen molar-refractivity contribution >= 4 is 0 Å². The fraction of sp³-hybridized carbons (Fsp3) is 0.786. The second-order valence-corrected chi connectivity index (χ2v) is 5.56. The van der Waals surface area contributed by atoms with Gasteiger partial charge >= 0.3 is 0 Å². The van der Waals surface area contributed by atoms with Gasteiger partial charge in [0.05, 0.1) is 24.4 Å². The summed E-state index contributed by atoms with van der Waals surface area (Å²) < 4.78 is 7.84. The van der Waals surface area contributed by atoms with Crippen LogP contribution in [0, 0.1) is 0 Å². The Hall–Kier alpha value is -0.870. The molecule has 0 spiro atoms. The Kier molecular flexibility index (Phi) is 5.82. The van der Waals surface area contributed by atoms with Crippen LogP contribution in [0.5, 0.6) is 0 Å². The SMILES string of the molecule is CCCNC(COC(C)(C)C)c1cnn(CC)c1. The zero-order chi connectivity index (χ0) is 13.6. The van der Waals surface area contributed by atoms with Gasteiger partial charge in [0.1, 0.15) is 0 Å². The van der Waals surface area contributed by atoms with Crippen LogP contribution in [0.2, 0.25) is 0 Å². The Labute approximate surface area is 111 Å². The number of hydrogen-bond donors (Lipinski definition) is 1. The Morgan fingerprint density at radius 3 is 2.61 bits per heavy atom. The van der Waals surface area contributed by atoms with E-state index < -0.39 is 0 Å². The number of hydrogen-bond acceptors (Lipinski definition) is 3. The molecule has 1 unspecified atom stereocenters. The average molecular weight is 253 g/mol. The molecule has 0 aliphatic carbocycles. The summed E-state index contributed by atoms with van der Waals surface area (Å²) in [5.74, 6) is 0. The van der Waals surface area contributed by atoms with Gasteiger partial charge in [-0.3, -0.25) is 4.68 Å². The number of rotatable bonds is 7. The maximum Gasteiger partial charge on any atom is 0.0669 e. The molecule has 1 rings (SSSR count). The largest absolute Gasteiger partial charge is 0.374 e. The van der Waals surface area contributed by atoms with E-state index in [0.717, 1.165) is 19.5 Å². The molecular weight excluding hydrogens is 226 g/mol. The highest BCUT2D eigenvalue weighted by molar-refractivity contribution is 5.10. The highest BCUT2D eigenvalue weighted by Gasteiger charge is 2.17. The molecule has 0 bridgehead atoms. The highest BCUT2D eigenvalue weighted by atomic mass is 16.5. The topological polar surface area (TPSA) is 39.1 Å². The van der Waals surface area contributed by atoms with Gasteiger partial charge in [0, 0.05) is 18.3 Å². The van der Waals surface area contributed by atoms with E-state index in [-0.39, 0.29) is 11.6 Å². The van der Waals surface area contributed by atoms with Gasteiger partial charge in [-0.05, 0) is 40.7 Å². The molecule has 0 radical (unpaired) electrons. The number of ether oxygens (including phenoxy) is 1. The van der Waals surface area contributed by atoms with Crippen LogP contribution in [0.25, 0.3) is 0 Å². The molecule has 0 aliphatic heterocycles. The van der Waals surface area contributed by atoms with Crippen LogP contribution in [0.4, 0.5) is 0 Å². The Bertz CT molecular complexity index is 341. The molecule has 1 heterocycles. The molecule has 1 aromatic heterocycles. The van der Waals surface area contributed by atoms with Crippen LogP contribution in [-0.2, 0) is 11.3 Å². The minimum atomic E-state index is -0.104. The lowest BCUT2D eigenvalue weighted by Gasteiger charge is -2.24. The van der Waals surface area contributed by atoms with Crippen molar-refractivity contribution in [2.24, 2.45) is 0 Å². The Balaban J connectivity index is 2.64. The zero-order valence-corrected chi connectivity index (χ0v) is 12.4. The number of nitrogens with one attached hydrogen (secondary N) is 1. The predicted octanol–water partition coefficient (Wildman–Crippen LogP) is 2.76. The molecule has 1 N–H and O–H groups in total. The third-order valence-corrected chi connectivity index (χ3v) is 2.70. The van der Waals surface area contributed by atoms with Gasteiger partial charge in [0.25, 0.3) is 0 Å². The number of aromatic nitrogens is 2. The molecule has 104 valence electrons. The third-order valence-electron chi connectivity index (χ3n) is 2.70. The smallest absolute Gasteiger partial charge is 0.0669 e. The van der Waals surface area contributed by atoms with Crippen LogP contribution in [0.15, 0.2) is 12.4 Å². The van der Waals surface area contributed by atoms with Crippen LogP contribution in [0.3, 0.4) is 0 Å². The summed E-state index contributed by atoms with van der Waals surface area (Å²) >= 11 is 0. The van der Waals surface area contributed by atoms with Crippen LogP contribution < -0.4 is 5.32 Å². The number of aryl methyl sites for hydroxylation is 1. The van der Waals surface area contributed by atoms with E-state index >= 15 is 0 Å². The summed E-state index contributed by atoms with van der Waals surface area (Å²) in [7, 11) is 0. The van der Waals surface area contributed by atoms with E-state index in [2.05, 4.69) is 51.2 Å². The van der Waals surface area contributed by atoms with Gasteiger partial charge < -0.3 is 10.1 Å². The lowest BCUT2D eigenvalue weighted by Crippen LogP contribution is -2.30. The van der Waals surface area contributed by atoms with Crippen molar-refractivity contribution < 1.29 is 4.74 Å². The quantitative estimate of drug-likeness (QED) is 0.812.